The Bertz CT molecular complexity index is 698. The minimum atomic E-state index is -1.08. The van der Waals surface area contributed by atoms with Gasteiger partial charge in [0.1, 0.15) is 0 Å². The molecule has 0 aliphatic carbocycles. The van der Waals surface area contributed by atoms with Gasteiger partial charge in [-0.05, 0) is 37.7 Å². The van der Waals surface area contributed by atoms with Crippen molar-refractivity contribution >= 4 is 35.8 Å². The van der Waals surface area contributed by atoms with Gasteiger partial charge in [0.2, 0.25) is 0 Å². The first-order valence-electron chi connectivity index (χ1n) is 8.22. The van der Waals surface area contributed by atoms with E-state index in [1.807, 2.05) is 0 Å². The number of carbonyl (C=O) groups is 2. The second-order valence-electron chi connectivity index (χ2n) is 5.33. The molecule has 0 heterocycles. The van der Waals surface area contributed by atoms with Crippen LogP contribution < -0.4 is 26.1 Å². The molecule has 0 fully saturated rings. The molecule has 0 aliphatic rings. The van der Waals surface area contributed by atoms with Gasteiger partial charge in [-0.3, -0.25) is 0 Å². The van der Waals surface area contributed by atoms with Crippen molar-refractivity contribution in [2.24, 2.45) is 0 Å². The Hall–Kier alpha value is -2.48. The normalized spacial score (nSPS) is 8.96. The fourth-order valence-corrected chi connectivity index (χ4v) is 4.48. The van der Waals surface area contributed by atoms with Crippen LogP contribution in [0.25, 0.3) is 0 Å². The summed E-state index contributed by atoms with van der Waals surface area (Å²) >= 11 is 0. The van der Waals surface area contributed by atoms with E-state index >= 15 is 0 Å². The summed E-state index contributed by atoms with van der Waals surface area (Å²) in [7, 11) is -0.446. The molecule has 3 aromatic carbocycles. The van der Waals surface area contributed by atoms with Crippen molar-refractivity contribution in [2.45, 2.75) is 13.8 Å². The Morgan fingerprint density at radius 2 is 0.750 bits per heavy atom. The van der Waals surface area contributed by atoms with Crippen LogP contribution in [0.15, 0.2) is 91.0 Å². The molecule has 6 heteroatoms. The summed E-state index contributed by atoms with van der Waals surface area (Å²) in [4.78, 5) is 17.8. The minimum Gasteiger partial charge on any atom is -0.550 e. The van der Waals surface area contributed by atoms with Gasteiger partial charge in [-0.15, -0.1) is 0 Å². The van der Waals surface area contributed by atoms with Gasteiger partial charge in [-0.2, -0.15) is 0 Å². The third-order valence-electron chi connectivity index (χ3n) is 3.04. The molecule has 28 heavy (non-hydrogen) atoms. The number of hydrogen-bond acceptors (Lipinski definition) is 4. The van der Waals surface area contributed by atoms with Crippen LogP contribution in [0.1, 0.15) is 13.8 Å². The zero-order chi connectivity index (χ0) is 20.1. The topological polar surface area (TPSA) is 80.3 Å². The second-order valence-corrected chi connectivity index (χ2v) is 7.55. The van der Waals surface area contributed by atoms with E-state index in [1.54, 1.807) is 0 Å². The summed E-state index contributed by atoms with van der Waals surface area (Å²) in [5.74, 6) is -2.17. The predicted molar refractivity (Wildman–Crippen MR) is 107 cm³/mol. The summed E-state index contributed by atoms with van der Waals surface area (Å²) in [5.41, 5.74) is 0. The summed E-state index contributed by atoms with van der Waals surface area (Å²) < 4.78 is 0. The van der Waals surface area contributed by atoms with E-state index in [0.717, 1.165) is 13.8 Å². The number of carboxylic acids is 2. The van der Waals surface area contributed by atoms with Crippen molar-refractivity contribution in [1.29, 1.82) is 0 Å². The zero-order valence-electron chi connectivity index (χ0n) is 15.6. The van der Waals surface area contributed by atoms with Gasteiger partial charge < -0.3 is 19.8 Å². The molecule has 0 unspecified atom stereocenters. The van der Waals surface area contributed by atoms with E-state index in [-0.39, 0.29) is 16.5 Å². The molecule has 3 rings (SSSR count). The SMILES string of the molecule is CC(=O)[O-].CC(=O)[O-].[Ni+2].c1ccc(P(c2ccccc2)c2ccccc2)cc1. The van der Waals surface area contributed by atoms with Crippen molar-refractivity contribution in [3.63, 3.8) is 0 Å². The van der Waals surface area contributed by atoms with Crippen LogP contribution in [0.5, 0.6) is 0 Å². The van der Waals surface area contributed by atoms with Gasteiger partial charge in [0.25, 0.3) is 0 Å². The standard InChI is InChI=1S/C18H15P.2C2H4O2.Ni/c1-4-10-16(11-5-1)19(17-12-6-2-7-13-17)18-14-8-3-9-15-18;2*1-2(3)4;/h1-15H;2*1H3,(H,3,4);/q;;;+2/p-2. The van der Waals surface area contributed by atoms with E-state index in [2.05, 4.69) is 91.0 Å². The maximum Gasteiger partial charge on any atom is 2.00 e. The van der Waals surface area contributed by atoms with Crippen LogP contribution in [0, 0.1) is 0 Å². The number of carbonyl (C=O) groups excluding carboxylic acids is 2. The number of rotatable bonds is 3. The Kier molecular flexibility index (Phi) is 13.3. The number of hydrogen-bond donors (Lipinski definition) is 0. The fourth-order valence-electron chi connectivity index (χ4n) is 2.18. The smallest absolute Gasteiger partial charge is 0.550 e. The predicted octanol–water partition coefficient (Wildman–Crippen LogP) is 0.955. The van der Waals surface area contributed by atoms with Crippen molar-refractivity contribution in [3.05, 3.63) is 91.0 Å². The molecule has 0 radical (unpaired) electrons. The van der Waals surface area contributed by atoms with Gasteiger partial charge in [-0.25, -0.2) is 0 Å². The number of carboxylic acid groups (broad SMARTS) is 2. The molecule has 0 N–H and O–H groups in total. The average Bonchev–Trinajstić information content (AvgIpc) is 2.64. The van der Waals surface area contributed by atoms with Crippen LogP contribution in [-0.4, -0.2) is 11.9 Å². The number of benzene rings is 3. The summed E-state index contributed by atoms with van der Waals surface area (Å²) in [6.45, 7) is 1.94. The first kappa shape index (κ1) is 25.5. The van der Waals surface area contributed by atoms with Crippen LogP contribution in [0.4, 0.5) is 0 Å². The van der Waals surface area contributed by atoms with Gasteiger partial charge in [0.05, 0.1) is 0 Å². The summed E-state index contributed by atoms with van der Waals surface area (Å²) in [6.07, 6.45) is 0. The number of aliphatic carboxylic acids is 2. The van der Waals surface area contributed by atoms with Crippen molar-refractivity contribution < 1.29 is 36.3 Å². The van der Waals surface area contributed by atoms with E-state index in [1.165, 1.54) is 15.9 Å². The Morgan fingerprint density at radius 1 is 0.571 bits per heavy atom. The summed E-state index contributed by atoms with van der Waals surface area (Å²) in [5, 5.41) is 22.0. The van der Waals surface area contributed by atoms with E-state index in [9.17, 15) is 0 Å². The molecule has 0 saturated carbocycles. The molecule has 0 amide bonds. The Balaban J connectivity index is 0.000000697. The largest absolute Gasteiger partial charge is 2.00 e. The first-order valence-corrected chi connectivity index (χ1v) is 9.56. The quantitative estimate of drug-likeness (QED) is 0.450. The average molecular weight is 439 g/mol. The monoisotopic (exact) mass is 438 g/mol. The Morgan fingerprint density at radius 3 is 0.929 bits per heavy atom. The molecular formula is C22H21NiO4P. The van der Waals surface area contributed by atoms with E-state index in [4.69, 9.17) is 19.8 Å². The van der Waals surface area contributed by atoms with Gasteiger partial charge >= 0.3 is 16.5 Å². The van der Waals surface area contributed by atoms with Crippen LogP contribution in [0.3, 0.4) is 0 Å². The molecule has 0 saturated heterocycles. The maximum absolute atomic E-state index is 8.89. The molecule has 0 bridgehead atoms. The maximum atomic E-state index is 8.89. The Labute approximate surface area is 176 Å². The van der Waals surface area contributed by atoms with Crippen molar-refractivity contribution in [1.82, 2.24) is 0 Å². The molecule has 4 nitrogen and oxygen atoms in total. The second kappa shape index (κ2) is 14.6. The first-order chi connectivity index (χ1) is 12.9. The third-order valence-corrected chi connectivity index (χ3v) is 5.49. The molecule has 0 atom stereocenters. The molecule has 3 aromatic rings. The van der Waals surface area contributed by atoms with E-state index in [0.29, 0.717) is 0 Å². The minimum absolute atomic E-state index is 0. The molecule has 148 valence electrons. The fraction of sp³-hybridized carbons (Fsp3) is 0.0909. The molecular weight excluding hydrogens is 418 g/mol. The van der Waals surface area contributed by atoms with Gasteiger partial charge in [0, 0.05) is 11.9 Å². The van der Waals surface area contributed by atoms with Crippen molar-refractivity contribution in [3.8, 4) is 0 Å². The molecule has 0 spiro atoms. The van der Waals surface area contributed by atoms with Crippen LogP contribution >= 0.6 is 7.92 Å². The third kappa shape index (κ3) is 10.6. The van der Waals surface area contributed by atoms with E-state index < -0.39 is 19.9 Å². The summed E-state index contributed by atoms with van der Waals surface area (Å²) in [6, 6.07) is 32.3. The zero-order valence-corrected chi connectivity index (χ0v) is 17.4. The van der Waals surface area contributed by atoms with Crippen LogP contribution in [-0.2, 0) is 26.1 Å². The van der Waals surface area contributed by atoms with Gasteiger partial charge in [0.15, 0.2) is 0 Å². The van der Waals surface area contributed by atoms with Crippen molar-refractivity contribution in [2.75, 3.05) is 0 Å². The molecule has 0 aliphatic heterocycles. The molecule has 0 aromatic heterocycles. The van der Waals surface area contributed by atoms with Crippen LogP contribution in [0.2, 0.25) is 0 Å². The van der Waals surface area contributed by atoms with Gasteiger partial charge in [-0.1, -0.05) is 91.0 Å².